The van der Waals surface area contributed by atoms with Crippen LogP contribution in [0, 0.1) is 11.8 Å². The molecule has 1 saturated heterocycles. The lowest BCUT2D eigenvalue weighted by Crippen LogP contribution is -2.42. The Balaban J connectivity index is 1.72. The van der Waals surface area contributed by atoms with Crippen molar-refractivity contribution in [3.05, 3.63) is 48.0 Å². The summed E-state index contributed by atoms with van der Waals surface area (Å²) in [6.07, 6.45) is -3.58. The van der Waals surface area contributed by atoms with Crippen molar-refractivity contribution in [3.63, 3.8) is 0 Å². The molecule has 31 heavy (non-hydrogen) atoms. The normalized spacial score (nSPS) is 22.7. The molecule has 1 aliphatic rings. The van der Waals surface area contributed by atoms with Crippen LogP contribution in [0.5, 0.6) is 0 Å². The van der Waals surface area contributed by atoms with E-state index in [1.54, 1.807) is 14.0 Å². The summed E-state index contributed by atoms with van der Waals surface area (Å²) in [6, 6.07) is 9.43. The minimum atomic E-state index is -1.39. The summed E-state index contributed by atoms with van der Waals surface area (Å²) >= 11 is 0. The number of carbonyl (C=O) groups excluding carboxylic acids is 1. The van der Waals surface area contributed by atoms with Crippen molar-refractivity contribution >= 4 is 22.9 Å². The number of nitrogens with one attached hydrogen (secondary N) is 2. The van der Waals surface area contributed by atoms with Gasteiger partial charge in [-0.25, -0.2) is 15.0 Å². The standard InChI is InChI=1S/C21H22N6O4/c1-3-23-20(30)17-15(28)16(29)21(31-17)27-11-24-14-18(22-2)25-13(26-19(14)27)10-9-12-7-5-4-6-8-12/h4-8,11,15-17,21,28-29H,3H2,1-2H3,(H,23,30)(H,22,25,26)/t15-,16+,17+,21-/m1/s1. The number of aliphatic hydroxyl groups excluding tert-OH is 2. The number of aromatic nitrogens is 4. The molecule has 1 aliphatic heterocycles. The topological polar surface area (TPSA) is 134 Å². The number of ether oxygens (including phenoxy) is 1. The zero-order valence-electron chi connectivity index (χ0n) is 17.0. The first-order valence-electron chi connectivity index (χ1n) is 9.82. The Bertz CT molecular complexity index is 1150. The molecule has 4 atom stereocenters. The summed E-state index contributed by atoms with van der Waals surface area (Å²) in [5.74, 6) is 6.13. The monoisotopic (exact) mass is 422 g/mol. The fraction of sp³-hybridized carbons (Fsp3) is 0.333. The van der Waals surface area contributed by atoms with E-state index in [1.807, 2.05) is 30.3 Å². The van der Waals surface area contributed by atoms with Crippen LogP contribution in [0.3, 0.4) is 0 Å². The molecule has 0 saturated carbocycles. The van der Waals surface area contributed by atoms with Gasteiger partial charge < -0.3 is 25.6 Å². The Morgan fingerprint density at radius 1 is 1.19 bits per heavy atom. The second-order valence-electron chi connectivity index (χ2n) is 6.91. The average Bonchev–Trinajstić information content (AvgIpc) is 3.33. The summed E-state index contributed by atoms with van der Waals surface area (Å²) in [5, 5.41) is 26.4. The van der Waals surface area contributed by atoms with Gasteiger partial charge in [-0.15, -0.1) is 0 Å². The van der Waals surface area contributed by atoms with Crippen LogP contribution in [-0.2, 0) is 9.53 Å². The van der Waals surface area contributed by atoms with Gasteiger partial charge in [0.15, 0.2) is 29.3 Å². The number of anilines is 1. The van der Waals surface area contributed by atoms with Crippen LogP contribution in [-0.4, -0.2) is 67.5 Å². The lowest BCUT2D eigenvalue weighted by atomic mass is 10.1. The Hall–Kier alpha value is -3.52. The molecule has 1 aromatic carbocycles. The van der Waals surface area contributed by atoms with Gasteiger partial charge >= 0.3 is 0 Å². The highest BCUT2D eigenvalue weighted by Gasteiger charge is 2.47. The predicted octanol–water partition coefficient (Wildman–Crippen LogP) is 0.0231. The molecule has 10 heteroatoms. The van der Waals surface area contributed by atoms with E-state index in [4.69, 9.17) is 4.74 Å². The van der Waals surface area contributed by atoms with E-state index < -0.39 is 30.4 Å². The molecule has 0 aliphatic carbocycles. The number of benzene rings is 1. The number of carbonyl (C=O) groups is 1. The maximum atomic E-state index is 12.2. The van der Waals surface area contributed by atoms with Crippen LogP contribution in [0.25, 0.3) is 11.2 Å². The molecule has 4 rings (SSSR count). The van der Waals surface area contributed by atoms with Gasteiger partial charge in [-0.05, 0) is 25.0 Å². The smallest absolute Gasteiger partial charge is 0.252 e. The van der Waals surface area contributed by atoms with Crippen molar-refractivity contribution < 1.29 is 19.7 Å². The molecule has 4 N–H and O–H groups in total. The highest BCUT2D eigenvalue weighted by atomic mass is 16.6. The second-order valence-corrected chi connectivity index (χ2v) is 6.91. The van der Waals surface area contributed by atoms with Crippen molar-refractivity contribution in [3.8, 4) is 11.8 Å². The van der Waals surface area contributed by atoms with Crippen molar-refractivity contribution in [1.82, 2.24) is 24.8 Å². The molecule has 1 amide bonds. The Morgan fingerprint density at radius 2 is 1.97 bits per heavy atom. The van der Waals surface area contributed by atoms with Crippen LogP contribution in [0.15, 0.2) is 36.7 Å². The number of fused-ring (bicyclic) bond motifs is 1. The Morgan fingerprint density at radius 3 is 2.68 bits per heavy atom. The number of aliphatic hydroxyl groups is 2. The molecule has 3 heterocycles. The molecule has 10 nitrogen and oxygen atoms in total. The van der Waals surface area contributed by atoms with Crippen molar-refractivity contribution in [2.24, 2.45) is 0 Å². The van der Waals surface area contributed by atoms with E-state index in [9.17, 15) is 15.0 Å². The zero-order chi connectivity index (χ0) is 22.0. The molecule has 0 bridgehead atoms. The van der Waals surface area contributed by atoms with Gasteiger partial charge in [0, 0.05) is 19.2 Å². The van der Waals surface area contributed by atoms with Crippen LogP contribution in [0.4, 0.5) is 5.82 Å². The summed E-state index contributed by atoms with van der Waals surface area (Å²) in [4.78, 5) is 25.3. The maximum absolute atomic E-state index is 12.2. The third kappa shape index (κ3) is 3.94. The zero-order valence-corrected chi connectivity index (χ0v) is 17.0. The van der Waals surface area contributed by atoms with Gasteiger partial charge in [-0.3, -0.25) is 9.36 Å². The molecule has 3 aromatic rings. The van der Waals surface area contributed by atoms with Gasteiger partial charge in [0.05, 0.1) is 6.33 Å². The van der Waals surface area contributed by atoms with E-state index in [0.717, 1.165) is 5.56 Å². The number of imidazole rings is 1. The SMILES string of the molecule is CCNC(=O)[C@H]1O[C@@H](n2cnc3c(NC)nc(C#Cc4ccccc4)nc32)[C@@H](O)[C@H]1O. The molecule has 1 fully saturated rings. The minimum absolute atomic E-state index is 0.246. The van der Waals surface area contributed by atoms with Crippen molar-refractivity contribution in [2.45, 2.75) is 31.5 Å². The summed E-state index contributed by atoms with van der Waals surface area (Å²) in [7, 11) is 1.70. The fourth-order valence-electron chi connectivity index (χ4n) is 3.36. The van der Waals surface area contributed by atoms with E-state index >= 15 is 0 Å². The quantitative estimate of drug-likeness (QED) is 0.433. The molecule has 0 unspecified atom stereocenters. The van der Waals surface area contributed by atoms with Gasteiger partial charge in [0.1, 0.15) is 12.2 Å². The number of hydrogen-bond donors (Lipinski definition) is 4. The van der Waals surface area contributed by atoms with Gasteiger partial charge in [0.25, 0.3) is 5.91 Å². The Labute approximate surface area is 178 Å². The summed E-state index contributed by atoms with van der Waals surface area (Å²) in [5.41, 5.74) is 1.61. The Kier molecular flexibility index (Phi) is 5.81. The molecule has 0 spiro atoms. The van der Waals surface area contributed by atoms with Crippen molar-refractivity contribution in [2.75, 3.05) is 18.9 Å². The third-order valence-electron chi connectivity index (χ3n) is 4.87. The number of hydrogen-bond acceptors (Lipinski definition) is 8. The number of nitrogens with zero attached hydrogens (tertiary/aromatic N) is 4. The van der Waals surface area contributed by atoms with E-state index in [-0.39, 0.29) is 5.82 Å². The molecular weight excluding hydrogens is 400 g/mol. The van der Waals surface area contributed by atoms with Crippen LogP contribution in [0.1, 0.15) is 24.5 Å². The number of likely N-dealkylation sites (N-methyl/N-ethyl adjacent to an activating group) is 1. The molecule has 160 valence electrons. The van der Waals surface area contributed by atoms with Crippen molar-refractivity contribution in [1.29, 1.82) is 0 Å². The predicted molar refractivity (Wildman–Crippen MR) is 112 cm³/mol. The van der Waals surface area contributed by atoms with Gasteiger partial charge in [-0.2, -0.15) is 0 Å². The maximum Gasteiger partial charge on any atom is 0.252 e. The lowest BCUT2D eigenvalue weighted by Gasteiger charge is -2.16. The van der Waals surface area contributed by atoms with Gasteiger partial charge in [-0.1, -0.05) is 24.1 Å². The summed E-state index contributed by atoms with van der Waals surface area (Å²) < 4.78 is 7.16. The van der Waals surface area contributed by atoms with Crippen LogP contribution in [0.2, 0.25) is 0 Å². The minimum Gasteiger partial charge on any atom is -0.387 e. The second kappa shape index (κ2) is 8.69. The fourth-order valence-corrected chi connectivity index (χ4v) is 3.36. The molecule has 2 aromatic heterocycles. The first-order valence-corrected chi connectivity index (χ1v) is 9.82. The lowest BCUT2D eigenvalue weighted by molar-refractivity contribution is -0.137. The highest BCUT2D eigenvalue weighted by Crippen LogP contribution is 2.32. The first kappa shape index (κ1) is 20.7. The van der Waals surface area contributed by atoms with E-state index in [1.165, 1.54) is 10.9 Å². The molecule has 0 radical (unpaired) electrons. The van der Waals surface area contributed by atoms with Gasteiger partial charge in [0.2, 0.25) is 5.82 Å². The first-order chi connectivity index (χ1) is 15.0. The van der Waals surface area contributed by atoms with E-state index in [2.05, 4.69) is 37.4 Å². The van der Waals surface area contributed by atoms with Crippen LogP contribution >= 0.6 is 0 Å². The van der Waals surface area contributed by atoms with E-state index in [0.29, 0.717) is 23.5 Å². The number of rotatable bonds is 4. The highest BCUT2D eigenvalue weighted by molar-refractivity contribution is 5.84. The number of amides is 1. The summed E-state index contributed by atoms with van der Waals surface area (Å²) in [6.45, 7) is 2.13. The molecular formula is C21H22N6O4. The third-order valence-corrected chi connectivity index (χ3v) is 4.87. The largest absolute Gasteiger partial charge is 0.387 e. The average molecular weight is 422 g/mol. The van der Waals surface area contributed by atoms with Crippen LogP contribution < -0.4 is 10.6 Å².